The average molecular weight is 416 g/mol. The fourth-order valence-corrected chi connectivity index (χ4v) is 3.34. The number of hydrogen-bond donors (Lipinski definition) is 2. The molecule has 0 aliphatic carbocycles. The highest BCUT2D eigenvalue weighted by molar-refractivity contribution is 7.92. The van der Waals surface area contributed by atoms with Gasteiger partial charge in [0.2, 0.25) is 0 Å². The van der Waals surface area contributed by atoms with Crippen LogP contribution in [0.25, 0.3) is 0 Å². The molecule has 0 amide bonds. The quantitative estimate of drug-likeness (QED) is 0.605. The van der Waals surface area contributed by atoms with Crippen LogP contribution in [0.4, 0.5) is 5.69 Å². The Labute approximate surface area is 161 Å². The summed E-state index contributed by atoms with van der Waals surface area (Å²) in [6.45, 7) is 0.457. The van der Waals surface area contributed by atoms with E-state index in [2.05, 4.69) is 4.72 Å². The molecular formula is C17H18ClNO7S. The normalized spacial score (nSPS) is 11.1. The highest BCUT2D eigenvalue weighted by atomic mass is 35.5. The van der Waals surface area contributed by atoms with Gasteiger partial charge in [-0.1, -0.05) is 11.6 Å². The van der Waals surface area contributed by atoms with Crippen LogP contribution in [0.1, 0.15) is 10.4 Å². The van der Waals surface area contributed by atoms with Gasteiger partial charge in [-0.3, -0.25) is 4.72 Å². The monoisotopic (exact) mass is 415 g/mol. The lowest BCUT2D eigenvalue weighted by Crippen LogP contribution is -2.16. The zero-order valence-corrected chi connectivity index (χ0v) is 16.1. The van der Waals surface area contributed by atoms with E-state index >= 15 is 0 Å². The molecule has 0 saturated heterocycles. The molecule has 2 aromatic carbocycles. The molecule has 0 aliphatic heterocycles. The molecule has 2 aromatic rings. The number of carboxylic acids is 1. The van der Waals surface area contributed by atoms with Gasteiger partial charge in [0.05, 0.1) is 29.9 Å². The predicted molar refractivity (Wildman–Crippen MR) is 99.6 cm³/mol. The third kappa shape index (κ3) is 5.25. The second kappa shape index (κ2) is 8.94. The summed E-state index contributed by atoms with van der Waals surface area (Å²) >= 11 is 5.77. The second-order valence-electron chi connectivity index (χ2n) is 5.25. The van der Waals surface area contributed by atoms with Gasteiger partial charge < -0.3 is 19.3 Å². The number of halogens is 1. The summed E-state index contributed by atoms with van der Waals surface area (Å²) in [6, 6.07) is 7.90. The number of carboxylic acid groups (broad SMARTS) is 1. The zero-order valence-electron chi connectivity index (χ0n) is 14.6. The Morgan fingerprint density at radius 1 is 1.11 bits per heavy atom. The van der Waals surface area contributed by atoms with Gasteiger partial charge in [-0.15, -0.1) is 0 Å². The third-order valence-electron chi connectivity index (χ3n) is 3.45. The van der Waals surface area contributed by atoms with Crippen molar-refractivity contribution in [2.24, 2.45) is 0 Å². The summed E-state index contributed by atoms with van der Waals surface area (Å²) in [5, 5.41) is 9.80. The van der Waals surface area contributed by atoms with Crippen LogP contribution < -0.4 is 14.2 Å². The summed E-state index contributed by atoms with van der Waals surface area (Å²) in [6.07, 6.45) is 0. The van der Waals surface area contributed by atoms with E-state index in [4.69, 9.17) is 25.8 Å². The Balaban J connectivity index is 2.44. The lowest BCUT2D eigenvalue weighted by atomic mass is 10.1. The van der Waals surface area contributed by atoms with E-state index in [1.807, 2.05) is 0 Å². The SMILES string of the molecule is COCCOc1cc(NS(=O)(=O)c2ccc(Cl)cc2)c(C(=O)O)cc1OC. The summed E-state index contributed by atoms with van der Waals surface area (Å²) in [5.41, 5.74) is -0.450. The molecule has 0 unspecified atom stereocenters. The van der Waals surface area contributed by atoms with Crippen LogP contribution in [0, 0.1) is 0 Å². The smallest absolute Gasteiger partial charge is 0.337 e. The van der Waals surface area contributed by atoms with Crippen LogP contribution in [-0.4, -0.2) is 46.9 Å². The fraction of sp³-hybridized carbons (Fsp3) is 0.235. The molecule has 0 bridgehead atoms. The molecule has 0 atom stereocenters. The number of rotatable bonds is 9. The number of hydrogen-bond acceptors (Lipinski definition) is 6. The maximum absolute atomic E-state index is 12.6. The standard InChI is InChI=1S/C17H18ClNO7S/c1-24-7-8-26-16-10-14(13(17(20)21)9-15(16)25-2)19-27(22,23)12-5-3-11(18)4-6-12/h3-6,9-10,19H,7-8H2,1-2H3,(H,20,21). The van der Waals surface area contributed by atoms with Crippen molar-refractivity contribution in [3.05, 3.63) is 47.0 Å². The molecule has 0 spiro atoms. The molecular weight excluding hydrogens is 398 g/mol. The number of aromatic carboxylic acids is 1. The molecule has 8 nitrogen and oxygen atoms in total. The summed E-state index contributed by atoms with van der Waals surface area (Å²) in [7, 11) is -1.19. The van der Waals surface area contributed by atoms with Crippen molar-refractivity contribution in [2.45, 2.75) is 4.90 Å². The molecule has 0 fully saturated rings. The van der Waals surface area contributed by atoms with Crippen molar-refractivity contribution in [1.82, 2.24) is 0 Å². The molecule has 2 N–H and O–H groups in total. The Morgan fingerprint density at radius 2 is 1.78 bits per heavy atom. The highest BCUT2D eigenvalue weighted by Crippen LogP contribution is 2.34. The molecule has 10 heteroatoms. The first kappa shape index (κ1) is 20.8. The number of benzene rings is 2. The van der Waals surface area contributed by atoms with Crippen LogP contribution in [0.5, 0.6) is 11.5 Å². The molecule has 0 saturated carbocycles. The van der Waals surface area contributed by atoms with Crippen LogP contribution in [0.3, 0.4) is 0 Å². The summed E-state index contributed by atoms with van der Waals surface area (Å²) < 4.78 is 42.9. The summed E-state index contributed by atoms with van der Waals surface area (Å²) in [5.74, 6) is -1.00. The van der Waals surface area contributed by atoms with E-state index in [-0.39, 0.29) is 40.9 Å². The van der Waals surface area contributed by atoms with Crippen molar-refractivity contribution in [3.8, 4) is 11.5 Å². The molecule has 0 heterocycles. The maximum atomic E-state index is 12.6. The van der Waals surface area contributed by atoms with Gasteiger partial charge >= 0.3 is 5.97 Å². The van der Waals surface area contributed by atoms with E-state index in [0.29, 0.717) is 5.02 Å². The zero-order chi connectivity index (χ0) is 20.0. The molecule has 0 aliphatic rings. The Kier molecular flexibility index (Phi) is 6.89. The summed E-state index contributed by atoms with van der Waals surface area (Å²) in [4.78, 5) is 11.5. The highest BCUT2D eigenvalue weighted by Gasteiger charge is 2.22. The van der Waals surface area contributed by atoms with E-state index in [9.17, 15) is 18.3 Å². The first-order valence-corrected chi connectivity index (χ1v) is 9.50. The average Bonchev–Trinajstić information content (AvgIpc) is 2.62. The molecule has 0 radical (unpaired) electrons. The maximum Gasteiger partial charge on any atom is 0.337 e. The van der Waals surface area contributed by atoms with Crippen molar-refractivity contribution < 1.29 is 32.5 Å². The number of nitrogens with one attached hydrogen (secondary N) is 1. The van der Waals surface area contributed by atoms with E-state index in [1.165, 1.54) is 50.6 Å². The van der Waals surface area contributed by atoms with Gasteiger partial charge in [0.1, 0.15) is 6.61 Å². The Bertz CT molecular complexity index is 914. The topological polar surface area (TPSA) is 111 Å². The minimum atomic E-state index is -4.04. The number of ether oxygens (including phenoxy) is 3. The number of methoxy groups -OCH3 is 2. The van der Waals surface area contributed by atoms with Crippen molar-refractivity contribution in [2.75, 3.05) is 32.2 Å². The number of anilines is 1. The molecule has 0 aromatic heterocycles. The molecule has 27 heavy (non-hydrogen) atoms. The second-order valence-corrected chi connectivity index (χ2v) is 7.37. The van der Waals surface area contributed by atoms with Crippen LogP contribution >= 0.6 is 11.6 Å². The van der Waals surface area contributed by atoms with Gasteiger partial charge in [0, 0.05) is 24.3 Å². The lowest BCUT2D eigenvalue weighted by Gasteiger charge is -2.16. The van der Waals surface area contributed by atoms with E-state index < -0.39 is 16.0 Å². The largest absolute Gasteiger partial charge is 0.493 e. The first-order valence-electron chi connectivity index (χ1n) is 7.64. The predicted octanol–water partition coefficient (Wildman–Crippen LogP) is 2.87. The Hall–Kier alpha value is -2.49. The van der Waals surface area contributed by atoms with Crippen molar-refractivity contribution in [3.63, 3.8) is 0 Å². The van der Waals surface area contributed by atoms with Gasteiger partial charge in [-0.25, -0.2) is 13.2 Å². The number of carbonyl (C=O) groups is 1. The van der Waals surface area contributed by atoms with Gasteiger partial charge in [0.15, 0.2) is 11.5 Å². The lowest BCUT2D eigenvalue weighted by molar-refractivity contribution is 0.0697. The van der Waals surface area contributed by atoms with Crippen LogP contribution in [0.2, 0.25) is 5.02 Å². The molecule has 2 rings (SSSR count). The van der Waals surface area contributed by atoms with Crippen molar-refractivity contribution >= 4 is 33.3 Å². The molecule has 146 valence electrons. The van der Waals surface area contributed by atoms with Crippen LogP contribution in [0.15, 0.2) is 41.3 Å². The van der Waals surface area contributed by atoms with Gasteiger partial charge in [-0.2, -0.15) is 0 Å². The van der Waals surface area contributed by atoms with Gasteiger partial charge in [0.25, 0.3) is 10.0 Å². The third-order valence-corrected chi connectivity index (χ3v) is 5.08. The minimum absolute atomic E-state index is 0.0686. The van der Waals surface area contributed by atoms with E-state index in [1.54, 1.807) is 0 Å². The van der Waals surface area contributed by atoms with E-state index in [0.717, 1.165) is 0 Å². The Morgan fingerprint density at radius 3 is 2.33 bits per heavy atom. The fourth-order valence-electron chi connectivity index (χ4n) is 2.15. The minimum Gasteiger partial charge on any atom is -0.493 e. The van der Waals surface area contributed by atoms with Crippen molar-refractivity contribution in [1.29, 1.82) is 0 Å². The van der Waals surface area contributed by atoms with Gasteiger partial charge in [-0.05, 0) is 24.3 Å². The van der Waals surface area contributed by atoms with Crippen LogP contribution in [-0.2, 0) is 14.8 Å². The first-order chi connectivity index (χ1) is 12.8. The number of sulfonamides is 1.